The van der Waals surface area contributed by atoms with Gasteiger partial charge in [0.05, 0.1) is 0 Å². The van der Waals surface area contributed by atoms with Gasteiger partial charge in [0.1, 0.15) is 11.2 Å². The van der Waals surface area contributed by atoms with E-state index >= 15 is 0 Å². The smallest absolute Gasteiger partial charge is 0.135 e. The molecule has 0 radical (unpaired) electrons. The van der Waals surface area contributed by atoms with E-state index in [0.29, 0.717) is 0 Å². The number of benzene rings is 9. The second-order valence-corrected chi connectivity index (χ2v) is 12.9. The molecule has 0 bridgehead atoms. The normalized spacial score (nSPS) is 11.6. The first-order valence-electron chi connectivity index (χ1n) is 17.1. The zero-order valence-corrected chi connectivity index (χ0v) is 27.3. The van der Waals surface area contributed by atoms with Crippen molar-refractivity contribution in [1.82, 2.24) is 0 Å². The average molecular weight is 638 g/mol. The van der Waals surface area contributed by atoms with Crippen molar-refractivity contribution in [3.8, 4) is 22.3 Å². The number of hydrogen-bond acceptors (Lipinski definition) is 2. The van der Waals surface area contributed by atoms with Crippen molar-refractivity contribution in [2.75, 3.05) is 4.90 Å². The molecule has 9 aromatic carbocycles. The van der Waals surface area contributed by atoms with E-state index in [0.717, 1.165) is 39.0 Å². The predicted molar refractivity (Wildman–Crippen MR) is 212 cm³/mol. The number of fused-ring (bicyclic) bond motifs is 9. The molecule has 10 aromatic rings. The van der Waals surface area contributed by atoms with E-state index in [9.17, 15) is 0 Å². The quantitative estimate of drug-likeness (QED) is 0.175. The Balaban J connectivity index is 1.13. The van der Waals surface area contributed by atoms with E-state index in [1.54, 1.807) is 0 Å². The van der Waals surface area contributed by atoms with Crippen molar-refractivity contribution in [3.63, 3.8) is 0 Å². The Labute approximate surface area is 290 Å². The molecule has 0 atom stereocenters. The fraction of sp³-hybridized carbons (Fsp3) is 0. The summed E-state index contributed by atoms with van der Waals surface area (Å²) in [5.41, 5.74) is 9.76. The van der Waals surface area contributed by atoms with Crippen molar-refractivity contribution in [2.45, 2.75) is 0 Å². The van der Waals surface area contributed by atoms with Gasteiger partial charge in [0.15, 0.2) is 0 Å². The molecule has 0 unspecified atom stereocenters. The van der Waals surface area contributed by atoms with Crippen LogP contribution in [0.25, 0.3) is 76.5 Å². The molecule has 0 amide bonds. The summed E-state index contributed by atoms with van der Waals surface area (Å²) in [7, 11) is 0. The maximum Gasteiger partial charge on any atom is 0.135 e. The van der Waals surface area contributed by atoms with Gasteiger partial charge in [-0.05, 0) is 115 Å². The average Bonchev–Trinajstić information content (AvgIpc) is 3.56. The molecule has 0 saturated heterocycles. The molecular weight excluding hydrogens is 607 g/mol. The minimum Gasteiger partial charge on any atom is -0.456 e. The Morgan fingerprint density at radius 3 is 1.44 bits per heavy atom. The van der Waals surface area contributed by atoms with Gasteiger partial charge in [-0.25, -0.2) is 0 Å². The van der Waals surface area contributed by atoms with Gasteiger partial charge in [0.2, 0.25) is 0 Å². The Kier molecular flexibility index (Phi) is 6.53. The summed E-state index contributed by atoms with van der Waals surface area (Å²) in [4.78, 5) is 2.34. The summed E-state index contributed by atoms with van der Waals surface area (Å²) in [5.74, 6) is 0. The summed E-state index contributed by atoms with van der Waals surface area (Å²) in [6.45, 7) is 0. The minimum absolute atomic E-state index is 0.881. The van der Waals surface area contributed by atoms with Gasteiger partial charge < -0.3 is 9.32 Å². The standard InChI is InChI=1S/C48H31NO/c1-3-12-32(13-4-1)34-23-26-47-45(30-34)46-31-38(24-27-48(46)50-47)49(36-15-5-2-6-16-36)37-17-11-14-33(28-37)35-22-25-43-41-20-8-7-18-39(41)40-19-9-10-21-42(40)44(43)29-35/h1-31H. The molecule has 1 aromatic heterocycles. The fourth-order valence-electron chi connectivity index (χ4n) is 7.65. The second-order valence-electron chi connectivity index (χ2n) is 12.9. The summed E-state index contributed by atoms with van der Waals surface area (Å²) in [6.07, 6.45) is 0. The topological polar surface area (TPSA) is 16.4 Å². The highest BCUT2D eigenvalue weighted by Crippen LogP contribution is 2.42. The first-order chi connectivity index (χ1) is 24.8. The van der Waals surface area contributed by atoms with Crippen LogP contribution in [0.4, 0.5) is 17.1 Å². The van der Waals surface area contributed by atoms with Gasteiger partial charge in [-0.15, -0.1) is 0 Å². The van der Waals surface area contributed by atoms with Crippen LogP contribution >= 0.6 is 0 Å². The van der Waals surface area contributed by atoms with E-state index < -0.39 is 0 Å². The van der Waals surface area contributed by atoms with E-state index in [2.05, 4.69) is 193 Å². The monoisotopic (exact) mass is 637 g/mol. The highest BCUT2D eigenvalue weighted by molar-refractivity contribution is 6.25. The molecular formula is C48H31NO. The predicted octanol–water partition coefficient (Wildman–Crippen LogP) is 13.8. The molecule has 0 saturated carbocycles. The van der Waals surface area contributed by atoms with E-state index in [-0.39, 0.29) is 0 Å². The third kappa shape index (κ3) is 4.65. The van der Waals surface area contributed by atoms with Crippen molar-refractivity contribution >= 4 is 71.3 Å². The van der Waals surface area contributed by atoms with Crippen LogP contribution in [0.3, 0.4) is 0 Å². The Bertz CT molecular complexity index is 2830. The number of nitrogens with zero attached hydrogens (tertiary/aromatic N) is 1. The molecule has 0 fully saturated rings. The zero-order valence-electron chi connectivity index (χ0n) is 27.3. The summed E-state index contributed by atoms with van der Waals surface area (Å²) < 4.78 is 6.34. The molecule has 10 rings (SSSR count). The van der Waals surface area contributed by atoms with Gasteiger partial charge in [0, 0.05) is 27.8 Å². The van der Waals surface area contributed by atoms with Crippen molar-refractivity contribution in [3.05, 3.63) is 188 Å². The maximum atomic E-state index is 6.34. The lowest BCUT2D eigenvalue weighted by Crippen LogP contribution is -2.09. The number of rotatable bonds is 5. The molecule has 2 heteroatoms. The van der Waals surface area contributed by atoms with E-state index in [1.807, 2.05) is 0 Å². The first-order valence-corrected chi connectivity index (χ1v) is 17.1. The SMILES string of the molecule is c1ccc(-c2ccc3oc4ccc(N(c5ccccc5)c5cccc(-c6ccc7c8ccccc8c8ccccc8c7c6)c5)cc4c3c2)cc1. The number of hydrogen-bond donors (Lipinski definition) is 0. The number of furan rings is 1. The Morgan fingerprint density at radius 2 is 0.720 bits per heavy atom. The molecule has 0 aliphatic rings. The molecule has 2 nitrogen and oxygen atoms in total. The van der Waals surface area contributed by atoms with Gasteiger partial charge in [0.25, 0.3) is 0 Å². The summed E-state index contributed by atoms with van der Waals surface area (Å²) >= 11 is 0. The lowest BCUT2D eigenvalue weighted by atomic mass is 9.92. The third-order valence-corrected chi connectivity index (χ3v) is 10.0. The van der Waals surface area contributed by atoms with E-state index in [1.165, 1.54) is 54.6 Å². The Hall–Kier alpha value is -6.64. The molecule has 234 valence electrons. The molecule has 50 heavy (non-hydrogen) atoms. The van der Waals surface area contributed by atoms with Crippen LogP contribution in [-0.2, 0) is 0 Å². The van der Waals surface area contributed by atoms with Crippen LogP contribution in [0.2, 0.25) is 0 Å². The van der Waals surface area contributed by atoms with Crippen molar-refractivity contribution in [1.29, 1.82) is 0 Å². The van der Waals surface area contributed by atoms with Gasteiger partial charge >= 0.3 is 0 Å². The summed E-state index contributed by atoms with van der Waals surface area (Å²) in [6, 6.07) is 67.5. The second kappa shape index (κ2) is 11.5. The lowest BCUT2D eigenvalue weighted by molar-refractivity contribution is 0.669. The maximum absolute atomic E-state index is 6.34. The first kappa shape index (κ1) is 28.4. The van der Waals surface area contributed by atoms with Crippen LogP contribution in [-0.4, -0.2) is 0 Å². The third-order valence-electron chi connectivity index (χ3n) is 10.0. The number of anilines is 3. The fourth-order valence-corrected chi connectivity index (χ4v) is 7.65. The van der Waals surface area contributed by atoms with Gasteiger partial charge in [-0.1, -0.05) is 127 Å². The summed E-state index contributed by atoms with van der Waals surface area (Å²) in [5, 5.41) is 9.91. The van der Waals surface area contributed by atoms with Gasteiger partial charge in [-0.2, -0.15) is 0 Å². The highest BCUT2D eigenvalue weighted by Gasteiger charge is 2.17. The van der Waals surface area contributed by atoms with Crippen LogP contribution in [0.1, 0.15) is 0 Å². The van der Waals surface area contributed by atoms with Crippen LogP contribution in [0.5, 0.6) is 0 Å². The molecule has 0 N–H and O–H groups in total. The van der Waals surface area contributed by atoms with Crippen LogP contribution < -0.4 is 4.90 Å². The molecule has 0 aliphatic carbocycles. The van der Waals surface area contributed by atoms with Crippen LogP contribution in [0, 0.1) is 0 Å². The number of para-hydroxylation sites is 1. The van der Waals surface area contributed by atoms with Crippen molar-refractivity contribution < 1.29 is 4.42 Å². The Morgan fingerprint density at radius 1 is 0.260 bits per heavy atom. The molecule has 0 spiro atoms. The van der Waals surface area contributed by atoms with E-state index in [4.69, 9.17) is 4.42 Å². The van der Waals surface area contributed by atoms with Crippen molar-refractivity contribution in [2.24, 2.45) is 0 Å². The largest absolute Gasteiger partial charge is 0.456 e. The van der Waals surface area contributed by atoms with Crippen LogP contribution in [0.15, 0.2) is 192 Å². The highest BCUT2D eigenvalue weighted by atomic mass is 16.3. The molecule has 1 heterocycles. The minimum atomic E-state index is 0.881. The lowest BCUT2D eigenvalue weighted by Gasteiger charge is -2.26. The zero-order chi connectivity index (χ0) is 33.0. The molecule has 0 aliphatic heterocycles. The van der Waals surface area contributed by atoms with Gasteiger partial charge in [-0.3, -0.25) is 0 Å².